The third-order valence-electron chi connectivity index (χ3n) is 4.66. The standard InChI is InChI=1S/C20H22ClN7O/c1-14-12-18(26-25-14)23-17-6-3-7-19(24-17)27-8-10-28(11-9-27)20(29)22-16-5-2-4-15(21)13-16/h2-7,12-13H,8-11H2,1H3,(H,22,29)(H2,23,24,25,26). The molecular formula is C20H22ClN7O. The monoisotopic (exact) mass is 411 g/mol. The van der Waals surface area contributed by atoms with E-state index in [0.29, 0.717) is 36.9 Å². The Morgan fingerprint density at radius 2 is 1.86 bits per heavy atom. The molecule has 1 aliphatic rings. The van der Waals surface area contributed by atoms with Crippen LogP contribution in [-0.4, -0.2) is 52.3 Å². The number of carbonyl (C=O) groups is 1. The van der Waals surface area contributed by atoms with E-state index in [1.54, 1.807) is 17.0 Å². The number of piperazine rings is 1. The van der Waals surface area contributed by atoms with Gasteiger partial charge in [-0.3, -0.25) is 5.10 Å². The van der Waals surface area contributed by atoms with E-state index in [1.165, 1.54) is 0 Å². The van der Waals surface area contributed by atoms with Crippen LogP contribution in [0.2, 0.25) is 5.02 Å². The molecule has 8 nitrogen and oxygen atoms in total. The SMILES string of the molecule is Cc1cc(Nc2cccc(N3CCN(C(=O)Nc4cccc(Cl)c4)CC3)n2)n[nH]1. The molecule has 0 aliphatic carbocycles. The molecule has 3 N–H and O–H groups in total. The van der Waals surface area contributed by atoms with Crippen LogP contribution in [-0.2, 0) is 0 Å². The van der Waals surface area contributed by atoms with Crippen molar-refractivity contribution in [1.29, 1.82) is 0 Å². The van der Waals surface area contributed by atoms with E-state index in [1.807, 2.05) is 43.3 Å². The van der Waals surface area contributed by atoms with E-state index < -0.39 is 0 Å². The van der Waals surface area contributed by atoms with Gasteiger partial charge in [-0.05, 0) is 37.3 Å². The third kappa shape index (κ3) is 4.78. The summed E-state index contributed by atoms with van der Waals surface area (Å²) in [5.41, 5.74) is 1.68. The smallest absolute Gasteiger partial charge is 0.321 e. The number of carbonyl (C=O) groups excluding carboxylic acids is 1. The molecule has 0 bridgehead atoms. The number of nitrogens with one attached hydrogen (secondary N) is 3. The van der Waals surface area contributed by atoms with Crippen molar-refractivity contribution in [3.63, 3.8) is 0 Å². The average Bonchev–Trinajstić information content (AvgIpc) is 3.13. The molecule has 1 saturated heterocycles. The summed E-state index contributed by atoms with van der Waals surface area (Å²) in [7, 11) is 0. The van der Waals surface area contributed by atoms with Crippen molar-refractivity contribution in [1.82, 2.24) is 20.1 Å². The number of pyridine rings is 1. The van der Waals surface area contributed by atoms with Gasteiger partial charge in [0, 0.05) is 48.6 Å². The van der Waals surface area contributed by atoms with Gasteiger partial charge in [-0.25, -0.2) is 9.78 Å². The fourth-order valence-electron chi connectivity index (χ4n) is 3.19. The van der Waals surface area contributed by atoms with E-state index in [2.05, 4.69) is 30.7 Å². The van der Waals surface area contributed by atoms with Crippen molar-refractivity contribution >= 4 is 40.8 Å². The van der Waals surface area contributed by atoms with Crippen molar-refractivity contribution in [2.24, 2.45) is 0 Å². The third-order valence-corrected chi connectivity index (χ3v) is 4.90. The van der Waals surface area contributed by atoms with Crippen molar-refractivity contribution in [3.8, 4) is 0 Å². The molecular weight excluding hydrogens is 390 g/mol. The van der Waals surface area contributed by atoms with E-state index in [-0.39, 0.29) is 6.03 Å². The molecule has 0 radical (unpaired) electrons. The average molecular weight is 412 g/mol. The van der Waals surface area contributed by atoms with Gasteiger partial charge in [0.2, 0.25) is 0 Å². The van der Waals surface area contributed by atoms with Crippen LogP contribution < -0.4 is 15.5 Å². The highest BCUT2D eigenvalue weighted by Crippen LogP contribution is 2.20. The molecule has 0 unspecified atom stereocenters. The molecule has 150 valence electrons. The number of benzene rings is 1. The van der Waals surface area contributed by atoms with Gasteiger partial charge in [0.1, 0.15) is 11.6 Å². The molecule has 29 heavy (non-hydrogen) atoms. The summed E-state index contributed by atoms with van der Waals surface area (Å²) in [4.78, 5) is 21.1. The lowest BCUT2D eigenvalue weighted by Crippen LogP contribution is -2.50. The fourth-order valence-corrected chi connectivity index (χ4v) is 3.38. The number of aromatic nitrogens is 3. The molecule has 1 fully saturated rings. The van der Waals surface area contributed by atoms with E-state index in [0.717, 1.165) is 23.1 Å². The second-order valence-electron chi connectivity index (χ2n) is 6.86. The predicted molar refractivity (Wildman–Crippen MR) is 115 cm³/mol. The van der Waals surface area contributed by atoms with Gasteiger partial charge in [-0.15, -0.1) is 0 Å². The molecule has 1 aromatic carbocycles. The lowest BCUT2D eigenvalue weighted by atomic mass is 10.3. The first kappa shape index (κ1) is 19.1. The van der Waals surface area contributed by atoms with E-state index in [9.17, 15) is 4.79 Å². The molecule has 2 amide bonds. The minimum absolute atomic E-state index is 0.121. The molecule has 9 heteroatoms. The summed E-state index contributed by atoms with van der Waals surface area (Å²) in [5.74, 6) is 2.34. The molecule has 4 rings (SSSR count). The summed E-state index contributed by atoms with van der Waals surface area (Å²) in [6.45, 7) is 4.60. The second kappa shape index (κ2) is 8.40. The Morgan fingerprint density at radius 1 is 1.07 bits per heavy atom. The number of halogens is 1. The van der Waals surface area contributed by atoms with Crippen LogP contribution in [0.15, 0.2) is 48.5 Å². The normalized spacial score (nSPS) is 14.0. The maximum atomic E-state index is 12.5. The van der Waals surface area contributed by atoms with Gasteiger partial charge in [0.05, 0.1) is 0 Å². The number of nitrogens with zero attached hydrogens (tertiary/aromatic N) is 4. The van der Waals surface area contributed by atoms with Crippen LogP contribution in [0.3, 0.4) is 0 Å². The Balaban J connectivity index is 1.34. The number of amides is 2. The van der Waals surface area contributed by atoms with Gasteiger partial charge < -0.3 is 20.4 Å². The quantitative estimate of drug-likeness (QED) is 0.606. The Morgan fingerprint density at radius 3 is 2.59 bits per heavy atom. The summed E-state index contributed by atoms with van der Waals surface area (Å²) in [5, 5.41) is 13.8. The molecule has 3 aromatic rings. The van der Waals surface area contributed by atoms with Gasteiger partial charge in [0.25, 0.3) is 0 Å². The molecule has 0 spiro atoms. The Bertz CT molecular complexity index is 998. The molecule has 3 heterocycles. The summed E-state index contributed by atoms with van der Waals surface area (Å²) in [6.07, 6.45) is 0. The van der Waals surface area contributed by atoms with E-state index in [4.69, 9.17) is 11.6 Å². The topological polar surface area (TPSA) is 89.2 Å². The zero-order valence-electron chi connectivity index (χ0n) is 16.0. The van der Waals surface area contributed by atoms with Gasteiger partial charge in [-0.1, -0.05) is 23.7 Å². The second-order valence-corrected chi connectivity index (χ2v) is 7.29. The minimum Gasteiger partial charge on any atom is -0.353 e. The highest BCUT2D eigenvalue weighted by Gasteiger charge is 2.22. The minimum atomic E-state index is -0.121. The Kier molecular flexibility index (Phi) is 5.53. The first-order valence-electron chi connectivity index (χ1n) is 9.39. The predicted octanol–water partition coefficient (Wildman–Crippen LogP) is 3.86. The summed E-state index contributed by atoms with van der Waals surface area (Å²) < 4.78 is 0. The number of aryl methyl sites for hydroxylation is 1. The highest BCUT2D eigenvalue weighted by molar-refractivity contribution is 6.30. The molecule has 1 aliphatic heterocycles. The van der Waals surface area contributed by atoms with Gasteiger partial charge in [-0.2, -0.15) is 5.10 Å². The van der Waals surface area contributed by atoms with Crippen LogP contribution in [0.1, 0.15) is 5.69 Å². The Hall–Kier alpha value is -3.26. The van der Waals surface area contributed by atoms with Crippen LogP contribution in [0.25, 0.3) is 0 Å². The number of hydrogen-bond donors (Lipinski definition) is 3. The fraction of sp³-hybridized carbons (Fsp3) is 0.250. The number of hydrogen-bond acceptors (Lipinski definition) is 5. The molecule has 2 aromatic heterocycles. The van der Waals surface area contributed by atoms with Crippen molar-refractivity contribution in [3.05, 3.63) is 59.2 Å². The number of H-pyrrole nitrogens is 1. The first-order valence-corrected chi connectivity index (χ1v) is 9.77. The number of urea groups is 1. The number of anilines is 4. The first-order chi connectivity index (χ1) is 14.1. The van der Waals surface area contributed by atoms with Crippen LogP contribution in [0, 0.1) is 6.92 Å². The van der Waals surface area contributed by atoms with Gasteiger partial charge >= 0.3 is 6.03 Å². The molecule has 0 saturated carbocycles. The van der Waals surface area contributed by atoms with Crippen molar-refractivity contribution < 1.29 is 4.79 Å². The van der Waals surface area contributed by atoms with Crippen LogP contribution >= 0.6 is 11.6 Å². The van der Waals surface area contributed by atoms with Crippen LogP contribution in [0.4, 0.5) is 27.9 Å². The number of aromatic amines is 1. The maximum absolute atomic E-state index is 12.5. The lowest BCUT2D eigenvalue weighted by molar-refractivity contribution is 0.208. The summed E-state index contributed by atoms with van der Waals surface area (Å²) in [6, 6.07) is 14.8. The zero-order valence-corrected chi connectivity index (χ0v) is 16.8. The van der Waals surface area contributed by atoms with Crippen molar-refractivity contribution in [2.45, 2.75) is 6.92 Å². The maximum Gasteiger partial charge on any atom is 0.321 e. The number of rotatable bonds is 4. The zero-order chi connectivity index (χ0) is 20.2. The Labute approximate surface area is 173 Å². The van der Waals surface area contributed by atoms with Gasteiger partial charge in [0.15, 0.2) is 5.82 Å². The summed E-state index contributed by atoms with van der Waals surface area (Å²) >= 11 is 5.98. The molecule has 0 atom stereocenters. The highest BCUT2D eigenvalue weighted by atomic mass is 35.5. The largest absolute Gasteiger partial charge is 0.353 e. The van der Waals surface area contributed by atoms with Crippen molar-refractivity contribution in [2.75, 3.05) is 41.7 Å². The van der Waals surface area contributed by atoms with E-state index >= 15 is 0 Å². The van der Waals surface area contributed by atoms with Crippen LogP contribution in [0.5, 0.6) is 0 Å². The lowest BCUT2D eigenvalue weighted by Gasteiger charge is -2.35.